The van der Waals surface area contributed by atoms with Crippen LogP contribution in [0.25, 0.3) is 0 Å². The Morgan fingerprint density at radius 1 is 1.11 bits per heavy atom. The molecule has 3 amide bonds. The summed E-state index contributed by atoms with van der Waals surface area (Å²) in [6.07, 6.45) is 1.57. The lowest BCUT2D eigenvalue weighted by molar-refractivity contribution is -0.128. The number of hydrogen-bond donors (Lipinski definition) is 2. The van der Waals surface area contributed by atoms with Crippen molar-refractivity contribution in [3.63, 3.8) is 0 Å². The summed E-state index contributed by atoms with van der Waals surface area (Å²) in [7, 11) is 0. The van der Waals surface area contributed by atoms with Crippen LogP contribution in [-0.4, -0.2) is 23.4 Å². The first-order valence-electron chi connectivity index (χ1n) is 9.49. The van der Waals surface area contributed by atoms with Gasteiger partial charge in [-0.05, 0) is 42.5 Å². The summed E-state index contributed by atoms with van der Waals surface area (Å²) in [5, 5.41) is 5.93. The SMILES string of the molecule is Cc1ccccc1[C@@H](C)NC(=O)NCc1ccccc1CN1CCCC1=O. The molecule has 1 aliphatic rings. The smallest absolute Gasteiger partial charge is 0.315 e. The van der Waals surface area contributed by atoms with E-state index in [1.165, 1.54) is 0 Å². The van der Waals surface area contributed by atoms with Gasteiger partial charge in [-0.2, -0.15) is 0 Å². The molecule has 2 N–H and O–H groups in total. The molecule has 1 fully saturated rings. The van der Waals surface area contributed by atoms with Crippen molar-refractivity contribution in [1.29, 1.82) is 0 Å². The van der Waals surface area contributed by atoms with Crippen molar-refractivity contribution in [3.8, 4) is 0 Å². The first-order chi connectivity index (χ1) is 13.0. The van der Waals surface area contributed by atoms with Crippen LogP contribution in [0, 0.1) is 6.92 Å². The third-order valence-corrected chi connectivity index (χ3v) is 5.09. The highest BCUT2D eigenvalue weighted by molar-refractivity contribution is 5.78. The molecule has 3 rings (SSSR count). The third kappa shape index (κ3) is 4.88. The van der Waals surface area contributed by atoms with E-state index < -0.39 is 0 Å². The molecule has 142 valence electrons. The fourth-order valence-electron chi connectivity index (χ4n) is 3.53. The van der Waals surface area contributed by atoms with Crippen molar-refractivity contribution in [3.05, 3.63) is 70.8 Å². The van der Waals surface area contributed by atoms with Crippen molar-refractivity contribution in [1.82, 2.24) is 15.5 Å². The largest absolute Gasteiger partial charge is 0.338 e. The minimum atomic E-state index is -0.196. The highest BCUT2D eigenvalue weighted by Crippen LogP contribution is 2.18. The lowest BCUT2D eigenvalue weighted by atomic mass is 10.0. The van der Waals surface area contributed by atoms with Crippen molar-refractivity contribution < 1.29 is 9.59 Å². The molecular formula is C22H27N3O2. The Balaban J connectivity index is 1.57. The second-order valence-corrected chi connectivity index (χ2v) is 7.09. The van der Waals surface area contributed by atoms with E-state index in [-0.39, 0.29) is 18.0 Å². The summed E-state index contributed by atoms with van der Waals surface area (Å²) in [5.41, 5.74) is 4.39. The minimum Gasteiger partial charge on any atom is -0.338 e. The number of likely N-dealkylation sites (tertiary alicyclic amines) is 1. The highest BCUT2D eigenvalue weighted by Gasteiger charge is 2.21. The maximum absolute atomic E-state index is 12.3. The standard InChI is InChI=1S/C22H27N3O2/c1-16-8-3-6-11-20(16)17(2)24-22(27)23-14-18-9-4-5-10-19(18)15-25-13-7-12-21(25)26/h3-6,8-11,17H,7,12-15H2,1-2H3,(H2,23,24,27)/t17-/m1/s1. The lowest BCUT2D eigenvalue weighted by Crippen LogP contribution is -2.37. The molecule has 2 aromatic carbocycles. The molecule has 1 saturated heterocycles. The number of amides is 3. The Morgan fingerprint density at radius 3 is 2.52 bits per heavy atom. The Kier molecular flexibility index (Phi) is 6.12. The molecule has 0 unspecified atom stereocenters. The van der Waals surface area contributed by atoms with Gasteiger partial charge < -0.3 is 15.5 Å². The van der Waals surface area contributed by atoms with Crippen LogP contribution in [0.2, 0.25) is 0 Å². The molecule has 0 bridgehead atoms. The summed E-state index contributed by atoms with van der Waals surface area (Å²) in [5.74, 6) is 0.211. The normalized spacial score (nSPS) is 14.9. The maximum atomic E-state index is 12.3. The third-order valence-electron chi connectivity index (χ3n) is 5.09. The summed E-state index contributed by atoms with van der Waals surface area (Å²) in [6.45, 7) is 5.88. The zero-order valence-electron chi connectivity index (χ0n) is 16.0. The molecule has 0 aromatic heterocycles. The minimum absolute atomic E-state index is 0.0661. The molecule has 1 aliphatic heterocycles. The van der Waals surface area contributed by atoms with E-state index >= 15 is 0 Å². The number of carbonyl (C=O) groups excluding carboxylic acids is 2. The number of benzene rings is 2. The lowest BCUT2D eigenvalue weighted by Gasteiger charge is -2.19. The van der Waals surface area contributed by atoms with Gasteiger partial charge in [-0.15, -0.1) is 0 Å². The van der Waals surface area contributed by atoms with Crippen molar-refractivity contribution in [2.45, 2.75) is 45.8 Å². The first-order valence-corrected chi connectivity index (χ1v) is 9.49. The van der Waals surface area contributed by atoms with Crippen molar-refractivity contribution in [2.24, 2.45) is 0 Å². The number of hydrogen-bond acceptors (Lipinski definition) is 2. The van der Waals surface area contributed by atoms with Crippen LogP contribution in [0.5, 0.6) is 0 Å². The molecule has 0 saturated carbocycles. The number of rotatable bonds is 6. The van der Waals surface area contributed by atoms with Crippen molar-refractivity contribution in [2.75, 3.05) is 6.54 Å². The van der Waals surface area contributed by atoms with Crippen LogP contribution in [0.15, 0.2) is 48.5 Å². The van der Waals surface area contributed by atoms with E-state index in [2.05, 4.69) is 10.6 Å². The predicted octanol–water partition coefficient (Wildman–Crippen LogP) is 3.68. The van der Waals surface area contributed by atoms with Crippen LogP contribution in [0.4, 0.5) is 4.79 Å². The Hall–Kier alpha value is -2.82. The zero-order chi connectivity index (χ0) is 19.2. The van der Waals surface area contributed by atoms with Gasteiger partial charge in [0, 0.05) is 26.1 Å². The average molecular weight is 365 g/mol. The number of nitrogens with one attached hydrogen (secondary N) is 2. The van der Waals surface area contributed by atoms with Crippen LogP contribution >= 0.6 is 0 Å². The number of carbonyl (C=O) groups is 2. The van der Waals surface area contributed by atoms with Gasteiger partial charge in [-0.25, -0.2) is 4.79 Å². The fraction of sp³-hybridized carbons (Fsp3) is 0.364. The van der Waals surface area contributed by atoms with E-state index in [0.717, 1.165) is 35.2 Å². The topological polar surface area (TPSA) is 61.4 Å². The monoisotopic (exact) mass is 365 g/mol. The van der Waals surface area contributed by atoms with Crippen LogP contribution in [0.1, 0.15) is 48.1 Å². The predicted molar refractivity (Wildman–Crippen MR) is 106 cm³/mol. The van der Waals surface area contributed by atoms with Gasteiger partial charge in [0.15, 0.2) is 0 Å². The van der Waals surface area contributed by atoms with Crippen LogP contribution in [-0.2, 0) is 17.9 Å². The molecule has 0 aliphatic carbocycles. The van der Waals surface area contributed by atoms with Gasteiger partial charge in [0.1, 0.15) is 0 Å². The van der Waals surface area contributed by atoms with E-state index in [1.807, 2.05) is 67.3 Å². The first kappa shape index (κ1) is 19.0. The molecule has 5 nitrogen and oxygen atoms in total. The maximum Gasteiger partial charge on any atom is 0.315 e. The second-order valence-electron chi connectivity index (χ2n) is 7.09. The van der Waals surface area contributed by atoms with E-state index in [9.17, 15) is 9.59 Å². The molecule has 0 spiro atoms. The molecule has 0 radical (unpaired) electrons. The summed E-state index contributed by atoms with van der Waals surface area (Å²) >= 11 is 0. The molecule has 2 aromatic rings. The molecule has 5 heteroatoms. The molecule has 27 heavy (non-hydrogen) atoms. The second kappa shape index (κ2) is 8.71. The fourth-order valence-corrected chi connectivity index (χ4v) is 3.53. The molecular weight excluding hydrogens is 338 g/mol. The summed E-state index contributed by atoms with van der Waals surface area (Å²) in [6, 6.07) is 15.7. The number of aryl methyl sites for hydroxylation is 1. The van der Waals surface area contributed by atoms with Gasteiger partial charge in [0.25, 0.3) is 0 Å². The quantitative estimate of drug-likeness (QED) is 0.820. The zero-order valence-corrected chi connectivity index (χ0v) is 16.0. The molecule has 1 heterocycles. The summed E-state index contributed by atoms with van der Waals surface area (Å²) < 4.78 is 0. The van der Waals surface area contributed by atoms with Gasteiger partial charge in [0.2, 0.25) is 5.91 Å². The number of nitrogens with zero attached hydrogens (tertiary/aromatic N) is 1. The average Bonchev–Trinajstić information content (AvgIpc) is 3.06. The Labute approximate surface area is 160 Å². The Morgan fingerprint density at radius 2 is 1.81 bits per heavy atom. The van der Waals surface area contributed by atoms with Gasteiger partial charge in [-0.3, -0.25) is 4.79 Å². The van der Waals surface area contributed by atoms with Gasteiger partial charge >= 0.3 is 6.03 Å². The van der Waals surface area contributed by atoms with Crippen LogP contribution in [0.3, 0.4) is 0 Å². The van der Waals surface area contributed by atoms with E-state index in [0.29, 0.717) is 19.5 Å². The molecule has 1 atom stereocenters. The van der Waals surface area contributed by atoms with E-state index in [1.54, 1.807) is 0 Å². The summed E-state index contributed by atoms with van der Waals surface area (Å²) in [4.78, 5) is 26.1. The van der Waals surface area contributed by atoms with E-state index in [4.69, 9.17) is 0 Å². The van der Waals surface area contributed by atoms with Gasteiger partial charge in [0.05, 0.1) is 6.04 Å². The number of urea groups is 1. The highest BCUT2D eigenvalue weighted by atomic mass is 16.2. The van der Waals surface area contributed by atoms with Crippen LogP contribution < -0.4 is 10.6 Å². The van der Waals surface area contributed by atoms with Crippen molar-refractivity contribution >= 4 is 11.9 Å². The Bertz CT molecular complexity index is 819. The van der Waals surface area contributed by atoms with Gasteiger partial charge in [-0.1, -0.05) is 48.5 Å².